The van der Waals surface area contributed by atoms with Crippen molar-refractivity contribution in [1.82, 2.24) is 4.57 Å². The van der Waals surface area contributed by atoms with Gasteiger partial charge in [-0.15, -0.1) is 0 Å². The van der Waals surface area contributed by atoms with Crippen molar-refractivity contribution in [2.45, 2.75) is 0 Å². The van der Waals surface area contributed by atoms with Crippen molar-refractivity contribution in [1.29, 1.82) is 15.8 Å². The first-order valence-electron chi connectivity index (χ1n) is 6.85. The zero-order valence-corrected chi connectivity index (χ0v) is 12.1. The van der Waals surface area contributed by atoms with Crippen LogP contribution in [0.5, 0.6) is 0 Å². The van der Waals surface area contributed by atoms with Crippen LogP contribution in [0.15, 0.2) is 54.6 Å². The van der Waals surface area contributed by atoms with Crippen LogP contribution in [0.2, 0.25) is 0 Å². The topological polar surface area (TPSA) is 76.3 Å². The minimum absolute atomic E-state index is 0.0901. The van der Waals surface area contributed by atoms with Crippen LogP contribution in [0.1, 0.15) is 5.56 Å². The second-order valence-electron chi connectivity index (χ2n) is 4.89. The largest absolute Gasteiger partial charge is 0.317 e. The van der Waals surface area contributed by atoms with Crippen LogP contribution in [-0.2, 0) is 0 Å². The summed E-state index contributed by atoms with van der Waals surface area (Å²) < 4.78 is 1.97. The maximum absolute atomic E-state index is 9.32. The van der Waals surface area contributed by atoms with Crippen LogP contribution in [0.25, 0.3) is 33.6 Å². The molecule has 4 heteroatoms. The van der Waals surface area contributed by atoms with Gasteiger partial charge in [0.15, 0.2) is 0 Å². The lowest BCUT2D eigenvalue weighted by atomic mass is 10.00. The first-order chi connectivity index (χ1) is 11.2. The summed E-state index contributed by atoms with van der Waals surface area (Å²) in [6.07, 6.45) is 1.74. The lowest BCUT2D eigenvalue weighted by Crippen LogP contribution is -1.88. The molecule has 1 heterocycles. The Morgan fingerprint density at radius 3 is 2.26 bits per heavy atom. The van der Waals surface area contributed by atoms with Crippen molar-refractivity contribution >= 4 is 33.6 Å². The number of fused-ring (bicyclic) bond motifs is 3. The summed E-state index contributed by atoms with van der Waals surface area (Å²) in [6.45, 7) is 3.85. The lowest BCUT2D eigenvalue weighted by molar-refractivity contribution is 1.30. The maximum atomic E-state index is 9.32. The zero-order chi connectivity index (χ0) is 16.4. The number of para-hydroxylation sites is 1. The summed E-state index contributed by atoms with van der Waals surface area (Å²) >= 11 is 0. The number of aromatic nitrogens is 1. The predicted molar refractivity (Wildman–Crippen MR) is 89.6 cm³/mol. The first-order valence-corrected chi connectivity index (χ1v) is 6.85. The average Bonchev–Trinajstić information content (AvgIpc) is 2.92. The van der Waals surface area contributed by atoms with Gasteiger partial charge >= 0.3 is 0 Å². The third-order valence-electron chi connectivity index (χ3n) is 3.77. The van der Waals surface area contributed by atoms with Gasteiger partial charge in [0.2, 0.25) is 0 Å². The molecule has 0 aliphatic carbocycles. The predicted octanol–water partition coefficient (Wildman–Crippen LogP) is 4.22. The molecule has 0 saturated heterocycles. The van der Waals surface area contributed by atoms with Crippen molar-refractivity contribution in [2.24, 2.45) is 0 Å². The number of nitrogens with zero attached hydrogens (tertiary/aromatic N) is 4. The van der Waals surface area contributed by atoms with Gasteiger partial charge in [0.25, 0.3) is 0 Å². The molecule has 0 unspecified atom stereocenters. The SMILES string of the molecule is C=Cn1c2ccccc2c2cc(C(C#N)=C(C#N)C#N)ccc21. The molecule has 0 aliphatic heterocycles. The molecule has 3 rings (SSSR count). The van der Waals surface area contributed by atoms with Gasteiger partial charge in [0, 0.05) is 17.0 Å². The molecule has 0 atom stereocenters. The molecule has 0 aliphatic rings. The van der Waals surface area contributed by atoms with E-state index in [1.54, 1.807) is 24.4 Å². The van der Waals surface area contributed by atoms with E-state index >= 15 is 0 Å². The second-order valence-corrected chi connectivity index (χ2v) is 4.89. The van der Waals surface area contributed by atoms with Crippen molar-refractivity contribution in [3.8, 4) is 18.2 Å². The first kappa shape index (κ1) is 14.1. The van der Waals surface area contributed by atoms with Crippen LogP contribution < -0.4 is 0 Å². The molecule has 0 saturated carbocycles. The molecular formula is C19H10N4. The summed E-state index contributed by atoms with van der Waals surface area (Å²) in [6, 6.07) is 18.9. The number of benzene rings is 2. The van der Waals surface area contributed by atoms with E-state index in [2.05, 4.69) is 6.58 Å². The highest BCUT2D eigenvalue weighted by Gasteiger charge is 2.13. The highest BCUT2D eigenvalue weighted by Crippen LogP contribution is 2.31. The van der Waals surface area contributed by atoms with E-state index in [0.717, 1.165) is 21.8 Å². The Hall–Kier alpha value is -3.81. The summed E-state index contributed by atoms with van der Waals surface area (Å²) in [7, 11) is 0. The minimum Gasteiger partial charge on any atom is -0.317 e. The monoisotopic (exact) mass is 294 g/mol. The van der Waals surface area contributed by atoms with E-state index in [-0.39, 0.29) is 11.1 Å². The minimum atomic E-state index is -0.181. The lowest BCUT2D eigenvalue weighted by Gasteiger charge is -2.02. The molecule has 1 aromatic heterocycles. The number of hydrogen-bond donors (Lipinski definition) is 0. The van der Waals surface area contributed by atoms with E-state index in [4.69, 9.17) is 10.5 Å². The molecule has 0 radical (unpaired) electrons. The summed E-state index contributed by atoms with van der Waals surface area (Å²) in [5.41, 5.74) is 2.44. The van der Waals surface area contributed by atoms with Gasteiger partial charge in [0.05, 0.1) is 16.6 Å². The number of allylic oxidation sites excluding steroid dienone is 2. The summed E-state index contributed by atoms with van der Waals surface area (Å²) in [4.78, 5) is 0. The Labute approximate surface area is 133 Å². The Morgan fingerprint density at radius 2 is 1.61 bits per heavy atom. The molecule has 0 amide bonds. The quantitative estimate of drug-likeness (QED) is 0.664. The number of nitriles is 3. The molecule has 4 nitrogen and oxygen atoms in total. The van der Waals surface area contributed by atoms with E-state index in [0.29, 0.717) is 5.56 Å². The Bertz CT molecular complexity index is 1090. The van der Waals surface area contributed by atoms with Crippen LogP contribution in [0.4, 0.5) is 0 Å². The van der Waals surface area contributed by atoms with E-state index in [9.17, 15) is 5.26 Å². The highest BCUT2D eigenvalue weighted by molar-refractivity contribution is 6.10. The fourth-order valence-corrected chi connectivity index (χ4v) is 2.76. The van der Waals surface area contributed by atoms with Gasteiger partial charge in [-0.1, -0.05) is 30.8 Å². The fraction of sp³-hybridized carbons (Fsp3) is 0. The molecule has 0 spiro atoms. The van der Waals surface area contributed by atoms with Crippen LogP contribution in [0, 0.1) is 34.0 Å². The van der Waals surface area contributed by atoms with E-state index < -0.39 is 0 Å². The molecular weight excluding hydrogens is 284 g/mol. The van der Waals surface area contributed by atoms with Gasteiger partial charge in [-0.3, -0.25) is 0 Å². The Morgan fingerprint density at radius 1 is 0.913 bits per heavy atom. The normalized spacial score (nSPS) is 9.78. The van der Waals surface area contributed by atoms with Crippen molar-refractivity contribution in [3.63, 3.8) is 0 Å². The van der Waals surface area contributed by atoms with Crippen LogP contribution in [-0.4, -0.2) is 4.57 Å². The third-order valence-corrected chi connectivity index (χ3v) is 3.77. The van der Waals surface area contributed by atoms with Gasteiger partial charge in [0.1, 0.15) is 23.8 Å². The van der Waals surface area contributed by atoms with E-state index in [1.807, 2.05) is 47.0 Å². The van der Waals surface area contributed by atoms with Crippen molar-refractivity contribution < 1.29 is 0 Å². The molecule has 0 fully saturated rings. The molecule has 23 heavy (non-hydrogen) atoms. The highest BCUT2D eigenvalue weighted by atomic mass is 14.9. The van der Waals surface area contributed by atoms with Crippen molar-refractivity contribution in [3.05, 3.63) is 60.2 Å². The van der Waals surface area contributed by atoms with Crippen LogP contribution in [0.3, 0.4) is 0 Å². The molecule has 0 N–H and O–H groups in total. The molecule has 0 bridgehead atoms. The van der Waals surface area contributed by atoms with Gasteiger partial charge < -0.3 is 4.57 Å². The molecule has 2 aromatic carbocycles. The Balaban J connectivity index is 2.42. The van der Waals surface area contributed by atoms with Gasteiger partial charge in [-0.2, -0.15) is 15.8 Å². The van der Waals surface area contributed by atoms with Gasteiger partial charge in [-0.05, 0) is 23.8 Å². The summed E-state index contributed by atoms with van der Waals surface area (Å²) in [5.74, 6) is 0. The molecule has 3 aromatic rings. The number of rotatable bonds is 2. The van der Waals surface area contributed by atoms with Crippen molar-refractivity contribution in [2.75, 3.05) is 0 Å². The smallest absolute Gasteiger partial charge is 0.148 e. The third kappa shape index (κ3) is 2.05. The molecule has 106 valence electrons. The number of hydrogen-bond acceptors (Lipinski definition) is 3. The maximum Gasteiger partial charge on any atom is 0.148 e. The fourth-order valence-electron chi connectivity index (χ4n) is 2.76. The Kier molecular flexibility index (Phi) is 3.40. The van der Waals surface area contributed by atoms with E-state index in [1.165, 1.54) is 0 Å². The average molecular weight is 294 g/mol. The standard InChI is InChI=1S/C19H10N4/c1-2-23-18-6-4-3-5-15(18)16-9-13(7-8-19(16)23)17(12-22)14(10-20)11-21/h2-9H,1H2. The second kappa shape index (κ2) is 5.53. The summed E-state index contributed by atoms with van der Waals surface area (Å²) in [5, 5.41) is 29.3. The van der Waals surface area contributed by atoms with Crippen LogP contribution >= 0.6 is 0 Å². The zero-order valence-electron chi connectivity index (χ0n) is 12.1. The van der Waals surface area contributed by atoms with Gasteiger partial charge in [-0.25, -0.2) is 0 Å².